The minimum Gasteiger partial charge on any atom is -0.262 e. The quantitative estimate of drug-likeness (QED) is 0.632. The van der Waals surface area contributed by atoms with Gasteiger partial charge in [0.25, 0.3) is 9.05 Å². The molecule has 0 saturated carbocycles. The molecular formula is C5H3ClFNO2S. The van der Waals surface area contributed by atoms with Crippen molar-refractivity contribution >= 4 is 19.7 Å². The highest BCUT2D eigenvalue weighted by atomic mass is 35.7. The largest absolute Gasteiger partial charge is 0.264 e. The van der Waals surface area contributed by atoms with Gasteiger partial charge in [0.2, 0.25) is 0 Å². The summed E-state index contributed by atoms with van der Waals surface area (Å²) in [5, 5.41) is 0. The number of halogens is 2. The van der Waals surface area contributed by atoms with Crippen LogP contribution in [-0.2, 0) is 9.05 Å². The van der Waals surface area contributed by atoms with Gasteiger partial charge in [-0.05, 0) is 6.07 Å². The Labute approximate surface area is 67.2 Å². The third-order valence-corrected chi connectivity index (χ3v) is 2.35. The van der Waals surface area contributed by atoms with E-state index in [9.17, 15) is 12.8 Å². The molecule has 0 amide bonds. The first-order chi connectivity index (χ1) is 5.02. The molecule has 3 nitrogen and oxygen atoms in total. The average Bonchev–Trinajstić information content (AvgIpc) is 1.86. The van der Waals surface area contributed by atoms with E-state index >= 15 is 0 Å². The first-order valence-electron chi connectivity index (χ1n) is 2.56. The smallest absolute Gasteiger partial charge is 0.262 e. The van der Waals surface area contributed by atoms with Crippen LogP contribution in [0.3, 0.4) is 0 Å². The highest BCUT2D eigenvalue weighted by Gasteiger charge is 2.14. The van der Waals surface area contributed by atoms with E-state index in [1.165, 1.54) is 0 Å². The highest BCUT2D eigenvalue weighted by molar-refractivity contribution is 8.13. The lowest BCUT2D eigenvalue weighted by Crippen LogP contribution is -1.94. The number of hydrogen-bond donors (Lipinski definition) is 0. The van der Waals surface area contributed by atoms with Gasteiger partial charge in [0, 0.05) is 16.9 Å². The van der Waals surface area contributed by atoms with Crippen molar-refractivity contribution in [1.82, 2.24) is 4.98 Å². The maximum absolute atomic E-state index is 12.6. The van der Waals surface area contributed by atoms with Crippen LogP contribution in [0.4, 0.5) is 4.39 Å². The second kappa shape index (κ2) is 2.75. The third-order valence-electron chi connectivity index (χ3n) is 0.998. The highest BCUT2D eigenvalue weighted by Crippen LogP contribution is 2.16. The Bertz CT molecular complexity index is 365. The number of hydrogen-bond acceptors (Lipinski definition) is 3. The second-order valence-corrected chi connectivity index (χ2v) is 4.28. The molecule has 0 fully saturated rings. The van der Waals surface area contributed by atoms with Crippen molar-refractivity contribution in [3.63, 3.8) is 0 Å². The van der Waals surface area contributed by atoms with Crippen LogP contribution < -0.4 is 0 Å². The SMILES string of the molecule is O=S(=O)(Cl)c1ccncc1F. The van der Waals surface area contributed by atoms with Crippen molar-refractivity contribution in [2.75, 3.05) is 0 Å². The Morgan fingerprint density at radius 3 is 2.55 bits per heavy atom. The summed E-state index contributed by atoms with van der Waals surface area (Å²) < 4.78 is 33.7. The minimum atomic E-state index is -3.98. The van der Waals surface area contributed by atoms with Crippen LogP contribution in [0.15, 0.2) is 23.4 Å². The Morgan fingerprint density at radius 2 is 2.18 bits per heavy atom. The average molecular weight is 196 g/mol. The van der Waals surface area contributed by atoms with Crippen molar-refractivity contribution in [3.05, 3.63) is 24.3 Å². The molecule has 1 aromatic rings. The van der Waals surface area contributed by atoms with E-state index < -0.39 is 19.8 Å². The molecular weight excluding hydrogens is 193 g/mol. The van der Waals surface area contributed by atoms with Crippen LogP contribution in [0.5, 0.6) is 0 Å². The summed E-state index contributed by atoms with van der Waals surface area (Å²) in [5.41, 5.74) is 0. The molecule has 0 unspecified atom stereocenters. The number of nitrogens with zero attached hydrogens (tertiary/aromatic N) is 1. The third kappa shape index (κ3) is 1.87. The summed E-state index contributed by atoms with van der Waals surface area (Å²) in [5.74, 6) is -0.942. The molecule has 0 radical (unpaired) electrons. The monoisotopic (exact) mass is 195 g/mol. The van der Waals surface area contributed by atoms with E-state index in [-0.39, 0.29) is 0 Å². The lowest BCUT2D eigenvalue weighted by molar-refractivity contribution is 0.571. The van der Waals surface area contributed by atoms with Crippen LogP contribution in [0.25, 0.3) is 0 Å². The van der Waals surface area contributed by atoms with Gasteiger partial charge in [0.05, 0.1) is 6.20 Å². The molecule has 6 heteroatoms. The van der Waals surface area contributed by atoms with Crippen LogP contribution in [0, 0.1) is 5.82 Å². The summed E-state index contributed by atoms with van der Waals surface area (Å²) in [4.78, 5) is 2.81. The number of rotatable bonds is 1. The van der Waals surface area contributed by atoms with E-state index in [2.05, 4.69) is 4.98 Å². The van der Waals surface area contributed by atoms with Gasteiger partial charge in [-0.2, -0.15) is 0 Å². The molecule has 0 spiro atoms. The molecule has 0 aliphatic heterocycles. The first kappa shape index (κ1) is 8.42. The Morgan fingerprint density at radius 1 is 1.55 bits per heavy atom. The van der Waals surface area contributed by atoms with Crippen molar-refractivity contribution in [3.8, 4) is 0 Å². The molecule has 0 atom stereocenters. The van der Waals surface area contributed by atoms with Gasteiger partial charge in [-0.1, -0.05) is 0 Å². The van der Waals surface area contributed by atoms with Gasteiger partial charge < -0.3 is 0 Å². The predicted octanol–water partition coefficient (Wildman–Crippen LogP) is 1.15. The molecule has 1 rings (SSSR count). The topological polar surface area (TPSA) is 47.0 Å². The second-order valence-electron chi connectivity index (χ2n) is 1.74. The fourth-order valence-corrected chi connectivity index (χ4v) is 1.44. The molecule has 0 aliphatic carbocycles. The van der Waals surface area contributed by atoms with E-state index in [0.717, 1.165) is 18.5 Å². The van der Waals surface area contributed by atoms with Gasteiger partial charge in [-0.3, -0.25) is 4.98 Å². The summed E-state index contributed by atoms with van der Waals surface area (Å²) in [6.45, 7) is 0. The van der Waals surface area contributed by atoms with Gasteiger partial charge in [0.1, 0.15) is 4.90 Å². The van der Waals surface area contributed by atoms with Crippen LogP contribution in [-0.4, -0.2) is 13.4 Å². The number of aromatic nitrogens is 1. The minimum absolute atomic E-state index is 0.547. The van der Waals surface area contributed by atoms with Gasteiger partial charge >= 0.3 is 0 Å². The Kier molecular flexibility index (Phi) is 2.10. The molecule has 0 aromatic carbocycles. The Balaban J connectivity index is 3.37. The molecule has 0 bridgehead atoms. The molecule has 1 heterocycles. The van der Waals surface area contributed by atoms with Gasteiger partial charge in [-0.15, -0.1) is 0 Å². The van der Waals surface area contributed by atoms with Crippen LogP contribution in [0.2, 0.25) is 0 Å². The van der Waals surface area contributed by atoms with Gasteiger partial charge in [0.15, 0.2) is 5.82 Å². The fraction of sp³-hybridized carbons (Fsp3) is 0. The van der Waals surface area contributed by atoms with E-state index in [4.69, 9.17) is 10.7 Å². The zero-order chi connectivity index (χ0) is 8.48. The van der Waals surface area contributed by atoms with E-state index in [1.54, 1.807) is 0 Å². The van der Waals surface area contributed by atoms with Gasteiger partial charge in [-0.25, -0.2) is 12.8 Å². The zero-order valence-corrected chi connectivity index (χ0v) is 6.73. The Hall–Kier alpha value is -0.680. The summed E-state index contributed by atoms with van der Waals surface area (Å²) in [7, 11) is 0.892. The number of pyridine rings is 1. The van der Waals surface area contributed by atoms with Crippen molar-refractivity contribution < 1.29 is 12.8 Å². The van der Waals surface area contributed by atoms with Crippen molar-refractivity contribution in [2.24, 2.45) is 0 Å². The van der Waals surface area contributed by atoms with Crippen LogP contribution >= 0.6 is 10.7 Å². The fourth-order valence-electron chi connectivity index (χ4n) is 0.560. The molecule has 0 saturated heterocycles. The lowest BCUT2D eigenvalue weighted by atomic mass is 10.5. The molecule has 60 valence electrons. The molecule has 0 N–H and O–H groups in total. The standard InChI is InChI=1S/C5H3ClFNO2S/c6-11(9,10)5-1-2-8-3-4(5)7/h1-3H. The lowest BCUT2D eigenvalue weighted by Gasteiger charge is -1.94. The molecule has 1 aromatic heterocycles. The normalized spacial score (nSPS) is 11.5. The maximum atomic E-state index is 12.6. The molecule has 11 heavy (non-hydrogen) atoms. The van der Waals surface area contributed by atoms with E-state index in [0.29, 0.717) is 0 Å². The van der Waals surface area contributed by atoms with E-state index in [1.807, 2.05) is 0 Å². The van der Waals surface area contributed by atoms with Crippen LogP contribution in [0.1, 0.15) is 0 Å². The van der Waals surface area contributed by atoms with Crippen molar-refractivity contribution in [2.45, 2.75) is 4.90 Å². The predicted molar refractivity (Wildman–Crippen MR) is 37.2 cm³/mol. The summed E-state index contributed by atoms with van der Waals surface area (Å²) >= 11 is 0. The zero-order valence-electron chi connectivity index (χ0n) is 5.16. The van der Waals surface area contributed by atoms with Crippen molar-refractivity contribution in [1.29, 1.82) is 0 Å². The maximum Gasteiger partial charge on any atom is 0.264 e. The summed E-state index contributed by atoms with van der Waals surface area (Å²) in [6, 6.07) is 0.998. The molecule has 0 aliphatic rings. The first-order valence-corrected chi connectivity index (χ1v) is 4.87. The summed E-state index contributed by atoms with van der Waals surface area (Å²) in [6.07, 6.45) is 1.94.